The Balaban J connectivity index is 1.72. The third kappa shape index (κ3) is 3.26. The number of nitrogens with one attached hydrogen (secondary N) is 1. The molecule has 1 atom stereocenters. The highest BCUT2D eigenvalue weighted by atomic mass is 16.2. The Morgan fingerprint density at radius 1 is 1.13 bits per heavy atom. The molecule has 0 spiro atoms. The van der Waals surface area contributed by atoms with Crippen LogP contribution in [0.4, 0.5) is 11.4 Å². The van der Waals surface area contributed by atoms with Crippen LogP contribution < -0.4 is 10.2 Å². The molecule has 3 rings (SSSR count). The Hall–Kier alpha value is -2.62. The number of amides is 2. The molecule has 1 fully saturated rings. The van der Waals surface area contributed by atoms with E-state index in [0.29, 0.717) is 6.54 Å². The standard InChI is InChI=1S/C19H20N2O2/c1-13-6-5-8-16(10-13)20-19(23)15-11-18(22)21(12-15)17-9-4-3-7-14(17)2/h3-10,15H,11-12H2,1-2H3,(H,20,23). The van der Waals surface area contributed by atoms with Gasteiger partial charge in [-0.3, -0.25) is 9.59 Å². The molecular weight excluding hydrogens is 288 g/mol. The average Bonchev–Trinajstić information content (AvgIpc) is 2.90. The van der Waals surface area contributed by atoms with Gasteiger partial charge in [0.2, 0.25) is 11.8 Å². The van der Waals surface area contributed by atoms with E-state index in [0.717, 1.165) is 22.5 Å². The first-order valence-corrected chi connectivity index (χ1v) is 7.78. The minimum Gasteiger partial charge on any atom is -0.326 e. The summed E-state index contributed by atoms with van der Waals surface area (Å²) in [6, 6.07) is 15.4. The van der Waals surface area contributed by atoms with E-state index in [4.69, 9.17) is 0 Å². The predicted octanol–water partition coefficient (Wildman–Crippen LogP) is 3.30. The summed E-state index contributed by atoms with van der Waals surface area (Å²) >= 11 is 0. The molecule has 0 aliphatic carbocycles. The molecule has 2 aromatic rings. The van der Waals surface area contributed by atoms with Crippen molar-refractivity contribution in [2.75, 3.05) is 16.8 Å². The zero-order chi connectivity index (χ0) is 16.4. The molecule has 1 unspecified atom stereocenters. The fourth-order valence-corrected chi connectivity index (χ4v) is 2.95. The zero-order valence-corrected chi connectivity index (χ0v) is 13.4. The van der Waals surface area contributed by atoms with Gasteiger partial charge in [-0.05, 0) is 43.2 Å². The van der Waals surface area contributed by atoms with Crippen molar-refractivity contribution < 1.29 is 9.59 Å². The maximum absolute atomic E-state index is 12.4. The van der Waals surface area contributed by atoms with Crippen LogP contribution in [0.5, 0.6) is 0 Å². The highest BCUT2D eigenvalue weighted by molar-refractivity contribution is 6.03. The predicted molar refractivity (Wildman–Crippen MR) is 91.4 cm³/mol. The van der Waals surface area contributed by atoms with Gasteiger partial charge in [0.05, 0.1) is 5.92 Å². The maximum Gasteiger partial charge on any atom is 0.229 e. The van der Waals surface area contributed by atoms with E-state index in [1.165, 1.54) is 0 Å². The molecule has 23 heavy (non-hydrogen) atoms. The van der Waals surface area contributed by atoms with Crippen molar-refractivity contribution >= 4 is 23.2 Å². The second-order valence-electron chi connectivity index (χ2n) is 6.05. The minimum atomic E-state index is -0.317. The fraction of sp³-hybridized carbons (Fsp3) is 0.263. The van der Waals surface area contributed by atoms with Crippen molar-refractivity contribution in [3.8, 4) is 0 Å². The SMILES string of the molecule is Cc1cccc(NC(=O)C2CC(=O)N(c3ccccc3C)C2)c1. The number of rotatable bonds is 3. The Labute approximate surface area is 136 Å². The Morgan fingerprint density at radius 3 is 2.65 bits per heavy atom. The normalized spacial score (nSPS) is 17.4. The number of hydrogen-bond acceptors (Lipinski definition) is 2. The van der Waals surface area contributed by atoms with Gasteiger partial charge in [-0.25, -0.2) is 0 Å². The van der Waals surface area contributed by atoms with Crippen LogP contribution in [-0.4, -0.2) is 18.4 Å². The van der Waals surface area contributed by atoms with Gasteiger partial charge in [-0.1, -0.05) is 30.3 Å². The molecule has 0 saturated carbocycles. The Kier molecular flexibility index (Phi) is 4.15. The van der Waals surface area contributed by atoms with E-state index < -0.39 is 0 Å². The largest absolute Gasteiger partial charge is 0.326 e. The van der Waals surface area contributed by atoms with E-state index in [-0.39, 0.29) is 24.2 Å². The van der Waals surface area contributed by atoms with Gasteiger partial charge in [-0.15, -0.1) is 0 Å². The summed E-state index contributed by atoms with van der Waals surface area (Å²) in [7, 11) is 0. The highest BCUT2D eigenvalue weighted by Gasteiger charge is 2.35. The summed E-state index contributed by atoms with van der Waals surface area (Å²) in [5, 5.41) is 2.91. The molecule has 1 aliphatic rings. The Morgan fingerprint density at radius 2 is 1.91 bits per heavy atom. The molecule has 4 nitrogen and oxygen atoms in total. The van der Waals surface area contributed by atoms with Crippen molar-refractivity contribution in [2.45, 2.75) is 20.3 Å². The molecule has 1 aliphatic heterocycles. The molecule has 1 saturated heterocycles. The smallest absolute Gasteiger partial charge is 0.229 e. The van der Waals surface area contributed by atoms with Crippen LogP contribution in [0.25, 0.3) is 0 Å². The van der Waals surface area contributed by atoms with E-state index in [2.05, 4.69) is 5.32 Å². The lowest BCUT2D eigenvalue weighted by Gasteiger charge is -2.19. The zero-order valence-electron chi connectivity index (χ0n) is 13.4. The first-order chi connectivity index (χ1) is 11.0. The number of benzene rings is 2. The summed E-state index contributed by atoms with van der Waals surface area (Å²) < 4.78 is 0. The number of carbonyl (C=O) groups is 2. The van der Waals surface area contributed by atoms with E-state index in [1.807, 2.05) is 62.4 Å². The first-order valence-electron chi connectivity index (χ1n) is 7.78. The van der Waals surface area contributed by atoms with Crippen LogP contribution >= 0.6 is 0 Å². The van der Waals surface area contributed by atoms with Gasteiger partial charge in [-0.2, -0.15) is 0 Å². The first kappa shape index (κ1) is 15.3. The van der Waals surface area contributed by atoms with Crippen LogP contribution in [0.2, 0.25) is 0 Å². The van der Waals surface area contributed by atoms with Gasteiger partial charge in [0, 0.05) is 24.3 Å². The van der Waals surface area contributed by atoms with Crippen molar-refractivity contribution in [1.82, 2.24) is 0 Å². The molecule has 118 valence electrons. The van der Waals surface area contributed by atoms with Gasteiger partial charge in [0.25, 0.3) is 0 Å². The third-order valence-electron chi connectivity index (χ3n) is 4.19. The molecule has 2 amide bonds. The maximum atomic E-state index is 12.4. The van der Waals surface area contributed by atoms with Crippen LogP contribution in [0.3, 0.4) is 0 Å². The second kappa shape index (κ2) is 6.24. The van der Waals surface area contributed by atoms with Crippen molar-refractivity contribution in [1.29, 1.82) is 0 Å². The summed E-state index contributed by atoms with van der Waals surface area (Å²) in [6.45, 7) is 4.39. The number of hydrogen-bond donors (Lipinski definition) is 1. The monoisotopic (exact) mass is 308 g/mol. The highest BCUT2D eigenvalue weighted by Crippen LogP contribution is 2.28. The van der Waals surface area contributed by atoms with Crippen LogP contribution in [-0.2, 0) is 9.59 Å². The number of nitrogens with zero attached hydrogens (tertiary/aromatic N) is 1. The lowest BCUT2D eigenvalue weighted by atomic mass is 10.1. The molecule has 0 bridgehead atoms. The van der Waals surface area contributed by atoms with Crippen molar-refractivity contribution in [2.24, 2.45) is 5.92 Å². The third-order valence-corrected chi connectivity index (χ3v) is 4.19. The summed E-state index contributed by atoms with van der Waals surface area (Å²) in [6.07, 6.45) is 0.256. The molecule has 1 N–H and O–H groups in total. The van der Waals surface area contributed by atoms with Gasteiger partial charge in [0.15, 0.2) is 0 Å². The molecule has 4 heteroatoms. The number of anilines is 2. The molecule has 1 heterocycles. The molecule has 0 radical (unpaired) electrons. The van der Waals surface area contributed by atoms with Crippen molar-refractivity contribution in [3.63, 3.8) is 0 Å². The Bertz CT molecular complexity index is 755. The second-order valence-corrected chi connectivity index (χ2v) is 6.05. The minimum absolute atomic E-state index is 0.00342. The van der Waals surface area contributed by atoms with E-state index in [9.17, 15) is 9.59 Å². The average molecular weight is 308 g/mol. The van der Waals surface area contributed by atoms with Crippen LogP contribution in [0, 0.1) is 19.8 Å². The fourth-order valence-electron chi connectivity index (χ4n) is 2.95. The lowest BCUT2D eigenvalue weighted by Crippen LogP contribution is -2.28. The van der Waals surface area contributed by atoms with E-state index in [1.54, 1.807) is 4.90 Å². The number of aryl methyl sites for hydroxylation is 2. The van der Waals surface area contributed by atoms with Gasteiger partial charge < -0.3 is 10.2 Å². The topological polar surface area (TPSA) is 49.4 Å². The lowest BCUT2D eigenvalue weighted by molar-refractivity contribution is -0.122. The molecule has 0 aromatic heterocycles. The molecular formula is C19H20N2O2. The summed E-state index contributed by atoms with van der Waals surface area (Å²) in [5.74, 6) is -0.411. The number of para-hydroxylation sites is 1. The molecule has 2 aromatic carbocycles. The van der Waals surface area contributed by atoms with Crippen molar-refractivity contribution in [3.05, 3.63) is 59.7 Å². The summed E-state index contributed by atoms with van der Waals surface area (Å²) in [5.41, 5.74) is 3.80. The van der Waals surface area contributed by atoms with Crippen LogP contribution in [0.15, 0.2) is 48.5 Å². The summed E-state index contributed by atoms with van der Waals surface area (Å²) in [4.78, 5) is 26.5. The van der Waals surface area contributed by atoms with Crippen LogP contribution in [0.1, 0.15) is 17.5 Å². The number of carbonyl (C=O) groups excluding carboxylic acids is 2. The van der Waals surface area contributed by atoms with Gasteiger partial charge >= 0.3 is 0 Å². The van der Waals surface area contributed by atoms with Gasteiger partial charge in [0.1, 0.15) is 0 Å². The quantitative estimate of drug-likeness (QED) is 0.946. The van der Waals surface area contributed by atoms with E-state index >= 15 is 0 Å².